The maximum Gasteiger partial charge on any atom is 0.141 e. The molecule has 0 fully saturated rings. The minimum atomic E-state index is -0.529. The van der Waals surface area contributed by atoms with Gasteiger partial charge in [-0.25, -0.2) is 4.39 Å². The van der Waals surface area contributed by atoms with Gasteiger partial charge in [0.2, 0.25) is 0 Å². The number of halogens is 2. The van der Waals surface area contributed by atoms with E-state index in [1.165, 1.54) is 12.1 Å². The van der Waals surface area contributed by atoms with Crippen molar-refractivity contribution in [3.8, 4) is 6.07 Å². The summed E-state index contributed by atoms with van der Waals surface area (Å²) in [5, 5.41) is 11.8. The molecule has 90 valence electrons. The SMILES string of the molecule is N#Cc1cc(Nc2ccc(I)cc2N)ccc1F. The molecule has 0 aliphatic carbocycles. The van der Waals surface area contributed by atoms with Crippen molar-refractivity contribution >= 4 is 39.7 Å². The van der Waals surface area contributed by atoms with E-state index in [0.29, 0.717) is 11.4 Å². The minimum Gasteiger partial charge on any atom is -0.397 e. The van der Waals surface area contributed by atoms with Crippen LogP contribution in [0.4, 0.5) is 21.5 Å². The maximum absolute atomic E-state index is 13.2. The number of hydrogen-bond acceptors (Lipinski definition) is 3. The lowest BCUT2D eigenvalue weighted by Crippen LogP contribution is -1.97. The number of nitrogens with zero attached hydrogens (tertiary/aromatic N) is 1. The van der Waals surface area contributed by atoms with Crippen LogP contribution in [0.5, 0.6) is 0 Å². The second kappa shape index (κ2) is 5.23. The van der Waals surface area contributed by atoms with Crippen LogP contribution in [0.15, 0.2) is 36.4 Å². The van der Waals surface area contributed by atoms with Gasteiger partial charge in [0.05, 0.1) is 16.9 Å². The fourth-order valence-corrected chi connectivity index (χ4v) is 2.01. The Bertz CT molecular complexity index is 635. The monoisotopic (exact) mass is 353 g/mol. The zero-order valence-electron chi connectivity index (χ0n) is 9.24. The molecule has 0 aliphatic rings. The highest BCUT2D eigenvalue weighted by atomic mass is 127. The van der Waals surface area contributed by atoms with Crippen molar-refractivity contribution < 1.29 is 4.39 Å². The highest BCUT2D eigenvalue weighted by Gasteiger charge is 2.04. The minimum absolute atomic E-state index is 0.00378. The van der Waals surface area contributed by atoms with Crippen LogP contribution < -0.4 is 11.1 Å². The zero-order chi connectivity index (χ0) is 13.1. The lowest BCUT2D eigenvalue weighted by Gasteiger charge is -2.10. The van der Waals surface area contributed by atoms with Crippen LogP contribution in [0.25, 0.3) is 0 Å². The average molecular weight is 353 g/mol. The van der Waals surface area contributed by atoms with Gasteiger partial charge < -0.3 is 11.1 Å². The van der Waals surface area contributed by atoms with Crippen molar-refractivity contribution in [2.24, 2.45) is 0 Å². The molecule has 0 aromatic heterocycles. The predicted molar refractivity (Wildman–Crippen MR) is 78.0 cm³/mol. The van der Waals surface area contributed by atoms with E-state index in [0.717, 1.165) is 9.26 Å². The summed E-state index contributed by atoms with van der Waals surface area (Å²) in [5.41, 5.74) is 7.82. The molecule has 0 radical (unpaired) electrons. The van der Waals surface area contributed by atoms with Gasteiger partial charge in [0.15, 0.2) is 0 Å². The number of nitrogens with one attached hydrogen (secondary N) is 1. The first-order valence-corrected chi connectivity index (χ1v) is 6.20. The van der Waals surface area contributed by atoms with Crippen LogP contribution in [0.3, 0.4) is 0 Å². The Morgan fingerprint density at radius 2 is 2.00 bits per heavy atom. The second-order valence-corrected chi connectivity index (χ2v) is 4.91. The number of benzene rings is 2. The summed E-state index contributed by atoms with van der Waals surface area (Å²) >= 11 is 2.17. The van der Waals surface area contributed by atoms with Crippen molar-refractivity contribution in [3.05, 3.63) is 51.3 Å². The third-order valence-corrected chi connectivity index (χ3v) is 3.05. The zero-order valence-corrected chi connectivity index (χ0v) is 11.4. The van der Waals surface area contributed by atoms with Gasteiger partial charge >= 0.3 is 0 Å². The number of nitriles is 1. The Labute approximate surface area is 118 Å². The Balaban J connectivity index is 2.32. The van der Waals surface area contributed by atoms with Gasteiger partial charge in [-0.1, -0.05) is 0 Å². The molecule has 3 N–H and O–H groups in total. The average Bonchev–Trinajstić information content (AvgIpc) is 2.35. The van der Waals surface area contributed by atoms with Crippen molar-refractivity contribution in [1.82, 2.24) is 0 Å². The molecule has 0 bridgehead atoms. The van der Waals surface area contributed by atoms with Crippen LogP contribution in [-0.4, -0.2) is 0 Å². The van der Waals surface area contributed by atoms with Crippen molar-refractivity contribution in [3.63, 3.8) is 0 Å². The molecule has 0 heterocycles. The molecular formula is C13H9FIN3. The summed E-state index contributed by atoms with van der Waals surface area (Å²) in [4.78, 5) is 0. The molecule has 5 heteroatoms. The van der Waals surface area contributed by atoms with Gasteiger partial charge in [-0.15, -0.1) is 0 Å². The lowest BCUT2D eigenvalue weighted by molar-refractivity contribution is 0.624. The molecular weight excluding hydrogens is 344 g/mol. The Kier molecular flexibility index (Phi) is 3.67. The smallest absolute Gasteiger partial charge is 0.141 e. The van der Waals surface area contributed by atoms with Crippen LogP contribution in [-0.2, 0) is 0 Å². The lowest BCUT2D eigenvalue weighted by atomic mass is 10.2. The summed E-state index contributed by atoms with van der Waals surface area (Å²) in [5.74, 6) is -0.529. The fraction of sp³-hybridized carbons (Fsp3) is 0. The number of nitrogens with two attached hydrogens (primary N) is 1. The summed E-state index contributed by atoms with van der Waals surface area (Å²) in [6.07, 6.45) is 0. The molecule has 0 saturated carbocycles. The molecule has 18 heavy (non-hydrogen) atoms. The third-order valence-electron chi connectivity index (χ3n) is 2.38. The normalized spacial score (nSPS) is 9.83. The van der Waals surface area contributed by atoms with Crippen LogP contribution in [0.2, 0.25) is 0 Å². The predicted octanol–water partition coefficient (Wildman–Crippen LogP) is 3.63. The molecule has 3 nitrogen and oxygen atoms in total. The highest BCUT2D eigenvalue weighted by molar-refractivity contribution is 14.1. The standard InChI is InChI=1S/C13H9FIN3/c14-11-3-2-10(5-8(11)7-16)18-13-4-1-9(15)6-12(13)17/h1-6,18H,17H2. The molecule has 0 aliphatic heterocycles. The Morgan fingerprint density at radius 3 is 2.67 bits per heavy atom. The number of hydrogen-bond donors (Lipinski definition) is 2. The third kappa shape index (κ3) is 2.71. The first-order valence-electron chi connectivity index (χ1n) is 5.12. The highest BCUT2D eigenvalue weighted by Crippen LogP contribution is 2.25. The van der Waals surface area contributed by atoms with Crippen molar-refractivity contribution in [2.75, 3.05) is 11.1 Å². The topological polar surface area (TPSA) is 61.8 Å². The van der Waals surface area contributed by atoms with Gasteiger partial charge in [0.1, 0.15) is 11.9 Å². The molecule has 0 atom stereocenters. The van der Waals surface area contributed by atoms with E-state index in [2.05, 4.69) is 27.9 Å². The Hall–Kier alpha value is -1.81. The molecule has 0 saturated heterocycles. The number of anilines is 3. The van der Waals surface area contributed by atoms with Crippen LogP contribution in [0.1, 0.15) is 5.56 Å². The molecule has 2 aromatic rings. The van der Waals surface area contributed by atoms with E-state index in [9.17, 15) is 4.39 Å². The van der Waals surface area contributed by atoms with Crippen molar-refractivity contribution in [2.45, 2.75) is 0 Å². The molecule has 0 spiro atoms. The van der Waals surface area contributed by atoms with E-state index >= 15 is 0 Å². The Morgan fingerprint density at radius 1 is 1.22 bits per heavy atom. The van der Waals surface area contributed by atoms with E-state index in [1.54, 1.807) is 12.1 Å². The van der Waals surface area contributed by atoms with Crippen LogP contribution in [0, 0.1) is 20.7 Å². The van der Waals surface area contributed by atoms with E-state index < -0.39 is 5.82 Å². The second-order valence-electron chi connectivity index (χ2n) is 3.66. The van der Waals surface area contributed by atoms with Gasteiger partial charge in [0.25, 0.3) is 0 Å². The van der Waals surface area contributed by atoms with Crippen molar-refractivity contribution in [1.29, 1.82) is 5.26 Å². The molecule has 2 rings (SSSR count). The number of rotatable bonds is 2. The number of nitrogen functional groups attached to an aromatic ring is 1. The largest absolute Gasteiger partial charge is 0.397 e. The van der Waals surface area contributed by atoms with E-state index in [1.807, 2.05) is 18.2 Å². The summed E-state index contributed by atoms with van der Waals surface area (Å²) < 4.78 is 14.2. The first-order chi connectivity index (χ1) is 8.60. The maximum atomic E-state index is 13.2. The summed E-state index contributed by atoms with van der Waals surface area (Å²) in [6.45, 7) is 0. The quantitative estimate of drug-likeness (QED) is 0.640. The van der Waals surface area contributed by atoms with Gasteiger partial charge in [0, 0.05) is 9.26 Å². The molecule has 0 unspecified atom stereocenters. The molecule has 0 amide bonds. The summed E-state index contributed by atoms with van der Waals surface area (Å²) in [6, 6.07) is 11.6. The summed E-state index contributed by atoms with van der Waals surface area (Å²) in [7, 11) is 0. The van der Waals surface area contributed by atoms with E-state index in [-0.39, 0.29) is 5.56 Å². The van der Waals surface area contributed by atoms with Gasteiger partial charge in [-0.3, -0.25) is 0 Å². The molecule has 2 aromatic carbocycles. The van der Waals surface area contributed by atoms with Crippen LogP contribution >= 0.6 is 22.6 Å². The van der Waals surface area contributed by atoms with Gasteiger partial charge in [-0.2, -0.15) is 5.26 Å². The van der Waals surface area contributed by atoms with E-state index in [4.69, 9.17) is 11.0 Å². The van der Waals surface area contributed by atoms with Gasteiger partial charge in [-0.05, 0) is 59.0 Å². The fourth-order valence-electron chi connectivity index (χ4n) is 1.49. The first kappa shape index (κ1) is 12.6.